The van der Waals surface area contributed by atoms with Crippen molar-refractivity contribution in [1.29, 1.82) is 0 Å². The molecule has 96 valence electrons. The summed E-state index contributed by atoms with van der Waals surface area (Å²) in [4.78, 5) is 6.63. The number of aromatic nitrogens is 1. The summed E-state index contributed by atoms with van der Waals surface area (Å²) < 4.78 is 6.15. The Morgan fingerprint density at radius 2 is 2.24 bits per heavy atom. The lowest BCUT2D eigenvalue weighted by atomic mass is 10.2. The number of nitrogens with two attached hydrogens (primary N) is 1. The first-order chi connectivity index (χ1) is 8.19. The largest absolute Gasteiger partial charge is 0.383 e. The third kappa shape index (κ3) is 4.61. The lowest BCUT2D eigenvalue weighted by Crippen LogP contribution is -2.30. The molecule has 0 amide bonds. The standard InChI is InChI=1S/C12H20BrN3O/c1-10-8-12(15-9-11(10)13)16(5-3-4-14)6-7-17-2/h8-9H,3-7,14H2,1-2H3. The smallest absolute Gasteiger partial charge is 0.128 e. The number of methoxy groups -OCH3 is 1. The maximum Gasteiger partial charge on any atom is 0.128 e. The van der Waals surface area contributed by atoms with Crippen molar-refractivity contribution < 1.29 is 4.74 Å². The van der Waals surface area contributed by atoms with E-state index >= 15 is 0 Å². The molecule has 0 saturated carbocycles. The Balaban J connectivity index is 2.75. The van der Waals surface area contributed by atoms with Gasteiger partial charge in [0, 0.05) is 30.9 Å². The Kier molecular flexibility index (Phi) is 6.47. The van der Waals surface area contributed by atoms with Crippen molar-refractivity contribution in [1.82, 2.24) is 4.98 Å². The van der Waals surface area contributed by atoms with E-state index in [1.165, 1.54) is 5.56 Å². The summed E-state index contributed by atoms with van der Waals surface area (Å²) >= 11 is 3.46. The lowest BCUT2D eigenvalue weighted by molar-refractivity contribution is 0.205. The van der Waals surface area contributed by atoms with Crippen LogP contribution >= 0.6 is 15.9 Å². The van der Waals surface area contributed by atoms with Crippen LogP contribution in [0.15, 0.2) is 16.7 Å². The van der Waals surface area contributed by atoms with Gasteiger partial charge in [-0.1, -0.05) is 0 Å². The van der Waals surface area contributed by atoms with E-state index in [1.807, 2.05) is 6.20 Å². The molecule has 0 radical (unpaired) electrons. The van der Waals surface area contributed by atoms with Crippen LogP contribution in [0.3, 0.4) is 0 Å². The Morgan fingerprint density at radius 1 is 1.47 bits per heavy atom. The van der Waals surface area contributed by atoms with Gasteiger partial charge in [0.25, 0.3) is 0 Å². The molecule has 17 heavy (non-hydrogen) atoms. The number of anilines is 1. The van der Waals surface area contributed by atoms with E-state index in [1.54, 1.807) is 7.11 Å². The molecule has 4 nitrogen and oxygen atoms in total. The summed E-state index contributed by atoms with van der Waals surface area (Å²) in [7, 11) is 1.71. The van der Waals surface area contributed by atoms with Crippen molar-refractivity contribution in [2.45, 2.75) is 13.3 Å². The molecule has 0 atom stereocenters. The third-order valence-electron chi connectivity index (χ3n) is 2.55. The van der Waals surface area contributed by atoms with Crippen LogP contribution in [0.25, 0.3) is 0 Å². The molecule has 0 spiro atoms. The molecule has 1 aromatic rings. The van der Waals surface area contributed by atoms with Gasteiger partial charge in [0.15, 0.2) is 0 Å². The number of nitrogens with zero attached hydrogens (tertiary/aromatic N) is 2. The fourth-order valence-corrected chi connectivity index (χ4v) is 1.74. The highest BCUT2D eigenvalue weighted by Crippen LogP contribution is 2.20. The first-order valence-corrected chi connectivity index (χ1v) is 6.54. The molecule has 2 N–H and O–H groups in total. The van der Waals surface area contributed by atoms with E-state index in [4.69, 9.17) is 10.5 Å². The molecular weight excluding hydrogens is 282 g/mol. The van der Waals surface area contributed by atoms with E-state index < -0.39 is 0 Å². The van der Waals surface area contributed by atoms with E-state index in [0.717, 1.165) is 29.8 Å². The van der Waals surface area contributed by atoms with Crippen molar-refractivity contribution in [2.75, 3.05) is 38.3 Å². The molecule has 0 bridgehead atoms. The van der Waals surface area contributed by atoms with Crippen LogP contribution in [-0.2, 0) is 4.74 Å². The van der Waals surface area contributed by atoms with Crippen LogP contribution in [0.1, 0.15) is 12.0 Å². The summed E-state index contributed by atoms with van der Waals surface area (Å²) in [5.41, 5.74) is 6.74. The molecule has 0 fully saturated rings. The third-order valence-corrected chi connectivity index (χ3v) is 3.38. The van der Waals surface area contributed by atoms with E-state index in [0.29, 0.717) is 13.2 Å². The zero-order chi connectivity index (χ0) is 12.7. The van der Waals surface area contributed by atoms with Gasteiger partial charge in [-0.05, 0) is 47.4 Å². The van der Waals surface area contributed by atoms with Crippen molar-refractivity contribution >= 4 is 21.7 Å². The van der Waals surface area contributed by atoms with Crippen LogP contribution in [0, 0.1) is 6.92 Å². The van der Waals surface area contributed by atoms with Gasteiger partial charge in [0.2, 0.25) is 0 Å². The Morgan fingerprint density at radius 3 is 2.82 bits per heavy atom. The number of aryl methyl sites for hydroxylation is 1. The summed E-state index contributed by atoms with van der Waals surface area (Å²) in [6, 6.07) is 2.08. The average molecular weight is 302 g/mol. The van der Waals surface area contributed by atoms with E-state index in [9.17, 15) is 0 Å². The molecule has 0 aromatic carbocycles. The average Bonchev–Trinajstić information content (AvgIpc) is 2.33. The highest BCUT2D eigenvalue weighted by Gasteiger charge is 2.08. The number of ether oxygens (including phenoxy) is 1. The Bertz CT molecular complexity index is 339. The highest BCUT2D eigenvalue weighted by atomic mass is 79.9. The molecular formula is C12H20BrN3O. The van der Waals surface area contributed by atoms with Crippen molar-refractivity contribution in [2.24, 2.45) is 5.73 Å². The van der Waals surface area contributed by atoms with Crippen molar-refractivity contribution in [3.05, 3.63) is 22.3 Å². The monoisotopic (exact) mass is 301 g/mol. The zero-order valence-electron chi connectivity index (χ0n) is 10.4. The summed E-state index contributed by atoms with van der Waals surface area (Å²) in [5, 5.41) is 0. The normalized spacial score (nSPS) is 10.6. The number of pyridine rings is 1. The lowest BCUT2D eigenvalue weighted by Gasteiger charge is -2.23. The highest BCUT2D eigenvalue weighted by molar-refractivity contribution is 9.10. The molecule has 1 heterocycles. The fraction of sp³-hybridized carbons (Fsp3) is 0.583. The fourth-order valence-electron chi connectivity index (χ4n) is 1.52. The van der Waals surface area contributed by atoms with E-state index in [-0.39, 0.29) is 0 Å². The number of halogens is 1. The van der Waals surface area contributed by atoms with Crippen LogP contribution in [0.5, 0.6) is 0 Å². The summed E-state index contributed by atoms with van der Waals surface area (Å²) in [6.07, 6.45) is 2.80. The molecule has 0 aliphatic carbocycles. The van der Waals surface area contributed by atoms with Crippen LogP contribution < -0.4 is 10.6 Å². The van der Waals surface area contributed by atoms with Gasteiger partial charge in [-0.15, -0.1) is 0 Å². The first-order valence-electron chi connectivity index (χ1n) is 5.75. The van der Waals surface area contributed by atoms with Gasteiger partial charge in [-0.25, -0.2) is 4.98 Å². The molecule has 0 aliphatic rings. The van der Waals surface area contributed by atoms with Crippen LogP contribution in [0.2, 0.25) is 0 Å². The van der Waals surface area contributed by atoms with Gasteiger partial charge in [0.1, 0.15) is 5.82 Å². The minimum Gasteiger partial charge on any atom is -0.383 e. The maximum absolute atomic E-state index is 5.55. The van der Waals surface area contributed by atoms with Gasteiger partial charge >= 0.3 is 0 Å². The molecule has 1 rings (SSSR count). The molecule has 1 aromatic heterocycles. The maximum atomic E-state index is 5.55. The quantitative estimate of drug-likeness (QED) is 0.836. The summed E-state index contributed by atoms with van der Waals surface area (Å²) in [6.45, 7) is 5.20. The number of hydrogen-bond acceptors (Lipinski definition) is 4. The predicted molar refractivity (Wildman–Crippen MR) is 74.4 cm³/mol. The van der Waals surface area contributed by atoms with Crippen LogP contribution in [0.4, 0.5) is 5.82 Å². The molecule has 0 saturated heterocycles. The first kappa shape index (κ1) is 14.4. The SMILES string of the molecule is COCCN(CCCN)c1cc(C)c(Br)cn1. The molecule has 0 aliphatic heterocycles. The second-order valence-electron chi connectivity index (χ2n) is 3.91. The number of hydrogen-bond donors (Lipinski definition) is 1. The minimum atomic E-state index is 0.693. The van der Waals surface area contributed by atoms with E-state index in [2.05, 4.69) is 38.8 Å². The molecule has 0 unspecified atom stereocenters. The minimum absolute atomic E-state index is 0.693. The Labute approximate surface area is 111 Å². The summed E-state index contributed by atoms with van der Waals surface area (Å²) in [5.74, 6) is 0.983. The van der Waals surface area contributed by atoms with Gasteiger partial charge in [0.05, 0.1) is 6.61 Å². The van der Waals surface area contributed by atoms with Gasteiger partial charge < -0.3 is 15.4 Å². The second-order valence-corrected chi connectivity index (χ2v) is 4.77. The van der Waals surface area contributed by atoms with Crippen molar-refractivity contribution in [3.8, 4) is 0 Å². The Hall–Kier alpha value is -0.650. The van der Waals surface area contributed by atoms with Crippen molar-refractivity contribution in [3.63, 3.8) is 0 Å². The zero-order valence-corrected chi connectivity index (χ0v) is 12.0. The second kappa shape index (κ2) is 7.63. The predicted octanol–water partition coefficient (Wildman–Crippen LogP) is 1.95. The van der Waals surface area contributed by atoms with Crippen LogP contribution in [-0.4, -0.2) is 38.3 Å². The van der Waals surface area contributed by atoms with Gasteiger partial charge in [-0.2, -0.15) is 0 Å². The van der Waals surface area contributed by atoms with Gasteiger partial charge in [-0.3, -0.25) is 0 Å². The topological polar surface area (TPSA) is 51.4 Å². The number of rotatable bonds is 7. The molecule has 5 heteroatoms.